The van der Waals surface area contributed by atoms with Crippen LogP contribution in [0, 0.1) is 5.92 Å². The number of hydrogen-bond donors (Lipinski definition) is 1. The molecule has 0 amide bonds. The van der Waals surface area contributed by atoms with Crippen LogP contribution in [0.2, 0.25) is 0 Å². The van der Waals surface area contributed by atoms with Crippen LogP contribution >= 0.6 is 0 Å². The van der Waals surface area contributed by atoms with Gasteiger partial charge in [-0.25, -0.2) is 0 Å². The molecule has 3 rings (SSSR count). The second-order valence-corrected chi connectivity index (χ2v) is 5.75. The van der Waals surface area contributed by atoms with Gasteiger partial charge in [0.25, 0.3) is 0 Å². The van der Waals surface area contributed by atoms with Gasteiger partial charge in [0.1, 0.15) is 11.5 Å². The van der Waals surface area contributed by atoms with Crippen molar-refractivity contribution < 1.29 is 9.15 Å². The lowest BCUT2D eigenvalue weighted by Gasteiger charge is -2.35. The van der Waals surface area contributed by atoms with E-state index < -0.39 is 0 Å². The van der Waals surface area contributed by atoms with Crippen molar-refractivity contribution in [1.29, 1.82) is 0 Å². The molecule has 1 heterocycles. The Balaban J connectivity index is 1.40. The standard InChI is InChI=1S/C15H23NO2/c1-3-17-13-7-11(8-13)16-9-12-4-5-15(18-12)14-6-10(14)2/h4-5,10-11,13-14,16H,3,6-9H2,1-2H3. The molecule has 2 aliphatic carbocycles. The van der Waals surface area contributed by atoms with Gasteiger partial charge >= 0.3 is 0 Å². The third kappa shape index (κ3) is 2.62. The molecule has 1 aromatic rings. The highest BCUT2D eigenvalue weighted by Crippen LogP contribution is 2.47. The summed E-state index contributed by atoms with van der Waals surface area (Å²) in [5.41, 5.74) is 0. The van der Waals surface area contributed by atoms with Gasteiger partial charge in [-0.2, -0.15) is 0 Å². The number of furan rings is 1. The Morgan fingerprint density at radius 3 is 2.78 bits per heavy atom. The molecule has 3 nitrogen and oxygen atoms in total. The molecule has 1 aromatic heterocycles. The second kappa shape index (κ2) is 5.06. The normalized spacial score (nSPS) is 34.3. The van der Waals surface area contributed by atoms with Crippen LogP contribution in [0.5, 0.6) is 0 Å². The first-order chi connectivity index (χ1) is 8.76. The molecule has 0 aliphatic heterocycles. The molecule has 0 spiro atoms. The SMILES string of the molecule is CCOC1CC(NCc2ccc(C3CC3C)o2)C1. The van der Waals surface area contributed by atoms with Gasteiger partial charge in [-0.1, -0.05) is 6.92 Å². The Bertz CT molecular complexity index is 395. The molecular formula is C15H23NO2. The predicted molar refractivity (Wildman–Crippen MR) is 70.5 cm³/mol. The lowest BCUT2D eigenvalue weighted by Crippen LogP contribution is -2.45. The van der Waals surface area contributed by atoms with Crippen molar-refractivity contribution in [2.45, 2.75) is 57.7 Å². The third-order valence-electron chi connectivity index (χ3n) is 4.22. The predicted octanol–water partition coefficient (Wildman–Crippen LogP) is 3.06. The maximum Gasteiger partial charge on any atom is 0.117 e. The minimum atomic E-state index is 0.479. The monoisotopic (exact) mass is 249 g/mol. The Morgan fingerprint density at radius 2 is 2.11 bits per heavy atom. The lowest BCUT2D eigenvalue weighted by atomic mass is 9.89. The van der Waals surface area contributed by atoms with E-state index in [9.17, 15) is 0 Å². The molecule has 0 radical (unpaired) electrons. The van der Waals surface area contributed by atoms with Gasteiger partial charge in [0.2, 0.25) is 0 Å². The Kier molecular flexibility index (Phi) is 3.44. The first kappa shape index (κ1) is 12.2. The summed E-state index contributed by atoms with van der Waals surface area (Å²) in [5, 5.41) is 3.53. The van der Waals surface area contributed by atoms with Gasteiger partial charge in [0, 0.05) is 18.6 Å². The Morgan fingerprint density at radius 1 is 1.33 bits per heavy atom. The summed E-state index contributed by atoms with van der Waals surface area (Å²) < 4.78 is 11.4. The van der Waals surface area contributed by atoms with E-state index in [-0.39, 0.29) is 0 Å². The van der Waals surface area contributed by atoms with Crippen LogP contribution in [0.3, 0.4) is 0 Å². The molecule has 100 valence electrons. The van der Waals surface area contributed by atoms with E-state index in [4.69, 9.17) is 9.15 Å². The summed E-state index contributed by atoms with van der Waals surface area (Å²) in [6, 6.07) is 4.87. The van der Waals surface area contributed by atoms with Gasteiger partial charge in [0.15, 0.2) is 0 Å². The minimum absolute atomic E-state index is 0.479. The zero-order chi connectivity index (χ0) is 12.5. The summed E-state index contributed by atoms with van der Waals surface area (Å²) in [6.45, 7) is 6.03. The van der Waals surface area contributed by atoms with Crippen molar-refractivity contribution in [1.82, 2.24) is 5.32 Å². The summed E-state index contributed by atoms with van der Waals surface area (Å²) in [7, 11) is 0. The zero-order valence-electron chi connectivity index (χ0n) is 11.3. The average molecular weight is 249 g/mol. The first-order valence-corrected chi connectivity index (χ1v) is 7.20. The molecule has 2 unspecified atom stereocenters. The van der Waals surface area contributed by atoms with Gasteiger partial charge in [-0.15, -0.1) is 0 Å². The molecule has 2 aliphatic rings. The van der Waals surface area contributed by atoms with Crippen LogP contribution in [0.4, 0.5) is 0 Å². The molecule has 2 fully saturated rings. The topological polar surface area (TPSA) is 34.4 Å². The highest BCUT2D eigenvalue weighted by atomic mass is 16.5. The number of ether oxygens (including phenoxy) is 1. The highest BCUT2D eigenvalue weighted by molar-refractivity contribution is 5.17. The van der Waals surface area contributed by atoms with E-state index in [2.05, 4.69) is 31.3 Å². The molecule has 1 N–H and O–H groups in total. The second-order valence-electron chi connectivity index (χ2n) is 5.75. The van der Waals surface area contributed by atoms with E-state index in [0.29, 0.717) is 18.1 Å². The van der Waals surface area contributed by atoms with E-state index in [1.807, 2.05) is 0 Å². The first-order valence-electron chi connectivity index (χ1n) is 7.20. The van der Waals surface area contributed by atoms with Crippen LogP contribution in [-0.2, 0) is 11.3 Å². The smallest absolute Gasteiger partial charge is 0.117 e. The van der Waals surface area contributed by atoms with Gasteiger partial charge in [-0.3, -0.25) is 0 Å². The highest BCUT2D eigenvalue weighted by Gasteiger charge is 2.36. The third-order valence-corrected chi connectivity index (χ3v) is 4.22. The van der Waals surface area contributed by atoms with Crippen LogP contribution in [0.15, 0.2) is 16.5 Å². The van der Waals surface area contributed by atoms with Crippen molar-refractivity contribution in [3.8, 4) is 0 Å². The maximum atomic E-state index is 5.88. The van der Waals surface area contributed by atoms with Gasteiger partial charge < -0.3 is 14.5 Å². The summed E-state index contributed by atoms with van der Waals surface area (Å²) in [5.74, 6) is 3.75. The fourth-order valence-electron chi connectivity index (χ4n) is 2.76. The summed E-state index contributed by atoms with van der Waals surface area (Å²) in [6.07, 6.45) is 4.05. The van der Waals surface area contributed by atoms with Gasteiger partial charge in [0.05, 0.1) is 12.6 Å². The maximum absolute atomic E-state index is 5.88. The van der Waals surface area contributed by atoms with Crippen molar-refractivity contribution in [3.63, 3.8) is 0 Å². The average Bonchev–Trinajstić information content (AvgIpc) is 2.87. The van der Waals surface area contributed by atoms with Crippen LogP contribution in [-0.4, -0.2) is 18.8 Å². The van der Waals surface area contributed by atoms with Crippen LogP contribution in [0.1, 0.15) is 50.5 Å². The largest absolute Gasteiger partial charge is 0.464 e. The van der Waals surface area contributed by atoms with Crippen molar-refractivity contribution in [2.24, 2.45) is 5.92 Å². The quantitative estimate of drug-likeness (QED) is 0.841. The van der Waals surface area contributed by atoms with Crippen LogP contribution in [0.25, 0.3) is 0 Å². The molecule has 3 heteroatoms. The number of hydrogen-bond acceptors (Lipinski definition) is 3. The minimum Gasteiger partial charge on any atom is -0.464 e. The van der Waals surface area contributed by atoms with E-state index in [1.54, 1.807) is 0 Å². The lowest BCUT2D eigenvalue weighted by molar-refractivity contribution is -0.0105. The molecule has 2 atom stereocenters. The summed E-state index contributed by atoms with van der Waals surface area (Å²) >= 11 is 0. The van der Waals surface area contributed by atoms with Gasteiger partial charge in [-0.05, 0) is 44.2 Å². The fraction of sp³-hybridized carbons (Fsp3) is 0.733. The van der Waals surface area contributed by atoms with E-state index >= 15 is 0 Å². The van der Waals surface area contributed by atoms with Crippen molar-refractivity contribution >= 4 is 0 Å². The molecule has 18 heavy (non-hydrogen) atoms. The van der Waals surface area contributed by atoms with E-state index in [1.165, 1.54) is 12.2 Å². The van der Waals surface area contributed by atoms with Crippen molar-refractivity contribution in [3.05, 3.63) is 23.7 Å². The molecule has 2 saturated carbocycles. The number of nitrogens with one attached hydrogen (secondary N) is 1. The zero-order valence-corrected chi connectivity index (χ0v) is 11.3. The molecule has 0 aromatic carbocycles. The molecule has 0 saturated heterocycles. The summed E-state index contributed by atoms with van der Waals surface area (Å²) in [4.78, 5) is 0. The van der Waals surface area contributed by atoms with E-state index in [0.717, 1.165) is 37.7 Å². The van der Waals surface area contributed by atoms with Crippen LogP contribution < -0.4 is 5.32 Å². The molecule has 0 bridgehead atoms. The fourth-order valence-corrected chi connectivity index (χ4v) is 2.76. The molecular weight excluding hydrogens is 226 g/mol. The number of rotatable bonds is 6. The Labute approximate surface area is 109 Å². The van der Waals surface area contributed by atoms with Crippen molar-refractivity contribution in [2.75, 3.05) is 6.61 Å². The Hall–Kier alpha value is -0.800.